The maximum absolute atomic E-state index is 9.00. The maximum atomic E-state index is 9.00. The average molecular weight is 541 g/mol. The molecule has 0 aromatic carbocycles. The Morgan fingerprint density at radius 3 is 0.562 bits per heavy atom. The van der Waals surface area contributed by atoms with Crippen molar-refractivity contribution in [1.29, 1.82) is 0 Å². The van der Waals surface area contributed by atoms with E-state index in [1.807, 2.05) is 0 Å². The molecule has 0 saturated carbocycles. The molecule has 0 aliphatic carbocycles. The van der Waals surface area contributed by atoms with Gasteiger partial charge >= 0.3 is 617 Å². The number of carboxylic acids is 1. The van der Waals surface area contributed by atoms with Crippen molar-refractivity contribution in [2.75, 3.05) is 0 Å². The second-order valence-electron chi connectivity index (χ2n) is 0.519. The third kappa shape index (κ3) is 93.5. The number of hydrogen-bond acceptors (Lipinski definition) is 1. The molecule has 0 aliphatic rings. The van der Waals surface area contributed by atoms with Crippen LogP contribution in [-0.2, 0) is 4.79 Å². The number of carboxylic acid groups (broad SMARTS) is 1. The summed E-state index contributed by atoms with van der Waals surface area (Å²) in [5.74, 6) is -0.833. The van der Waals surface area contributed by atoms with Gasteiger partial charge in [0.05, 0.1) is 0 Å². The van der Waals surface area contributed by atoms with E-state index in [0.29, 0.717) is 0 Å². The Labute approximate surface area is 611 Å². The summed E-state index contributed by atoms with van der Waals surface area (Å²) in [4.78, 5) is 9.00. The molecule has 0 spiro atoms. The van der Waals surface area contributed by atoms with Gasteiger partial charge in [-0.2, -0.15) is 0 Å². The molecule has 16 heavy (non-hydrogen) atoms. The van der Waals surface area contributed by atoms with Crippen molar-refractivity contribution in [2.24, 2.45) is 0 Å². The molecule has 0 bridgehead atoms. The summed E-state index contributed by atoms with van der Waals surface area (Å²) >= 11 is 0. The molecule has 0 heterocycles. The fraction of sp³-hybridized carbons (Fsp3) is 0.500. The summed E-state index contributed by atoms with van der Waals surface area (Å²) < 4.78 is 0. The molecular weight excluding hydrogens is 525 g/mol. The fourth-order valence-electron chi connectivity index (χ4n) is 0. The van der Waals surface area contributed by atoms with E-state index in [1.165, 1.54) is 0 Å². The second kappa shape index (κ2) is 76.5. The third-order valence-electron chi connectivity index (χ3n) is 0. The van der Waals surface area contributed by atoms with E-state index in [1.54, 1.807) is 0 Å². The molecule has 0 aromatic heterocycles. The van der Waals surface area contributed by atoms with Gasteiger partial charge in [0.2, 0.25) is 0 Å². The molecule has 2 nitrogen and oxygen atoms in total. The van der Waals surface area contributed by atoms with Gasteiger partial charge < -0.3 is 5.11 Å². The standard InChI is InChI=1S/C2H4O2.12K.12H/c1-2(3)4;;;;;;;;;;;;;;;;;;;;;;;;/h1H3,(H,3,4);;;;;;;;;;;;;;;;;;;;;;;;. The van der Waals surface area contributed by atoms with Crippen LogP contribution in [0.2, 0.25) is 0 Å². The van der Waals surface area contributed by atoms with Gasteiger partial charge in [-0.1, -0.05) is 0 Å². The van der Waals surface area contributed by atoms with E-state index in [2.05, 4.69) is 0 Å². The zero-order valence-corrected chi connectivity index (χ0v) is 2.36. The van der Waals surface area contributed by atoms with Crippen molar-refractivity contribution in [2.45, 2.75) is 6.92 Å². The van der Waals surface area contributed by atoms with Crippen LogP contribution in [0.4, 0.5) is 0 Å². The molecule has 0 aromatic rings. The molecule has 14 heteroatoms. The Morgan fingerprint density at radius 1 is 0.562 bits per heavy atom. The molecule has 1 N–H and O–H groups in total. The molecule has 0 fully saturated rings. The molecule has 48 valence electrons. The van der Waals surface area contributed by atoms with Crippen LogP contribution in [0.5, 0.6) is 0 Å². The van der Waals surface area contributed by atoms with Crippen LogP contribution in [-0.4, -0.2) is 628 Å². The summed E-state index contributed by atoms with van der Waals surface area (Å²) in [6.45, 7) is 1.08. The minimum absolute atomic E-state index is 0. The first-order valence-corrected chi connectivity index (χ1v) is 0.928. The number of aliphatic carboxylic acids is 1. The van der Waals surface area contributed by atoms with E-state index >= 15 is 0 Å². The molecule has 0 atom stereocenters. The molecule has 0 aliphatic heterocycles. The van der Waals surface area contributed by atoms with Crippen molar-refractivity contribution in [3.05, 3.63) is 0 Å². The minimum atomic E-state index is -0.833. The summed E-state index contributed by atoms with van der Waals surface area (Å²) in [5.41, 5.74) is 0. The Balaban J connectivity index is -0.000000000682. The van der Waals surface area contributed by atoms with Gasteiger partial charge in [0.25, 0.3) is 5.97 Å². The van der Waals surface area contributed by atoms with Crippen molar-refractivity contribution < 1.29 is 9.90 Å². The molecule has 0 rings (SSSR count). The SMILES string of the molecule is CC(=O)O.[KH].[KH].[KH].[KH].[KH].[KH].[KH].[KH].[KH].[KH].[KH].[KH]. The second-order valence-corrected chi connectivity index (χ2v) is 0.519. The predicted octanol–water partition coefficient (Wildman–Crippen LogP) is -7.69. The van der Waals surface area contributed by atoms with Crippen LogP contribution in [0.15, 0.2) is 0 Å². The summed E-state index contributed by atoms with van der Waals surface area (Å²) in [6, 6.07) is 0. The fourth-order valence-corrected chi connectivity index (χ4v) is 0. The van der Waals surface area contributed by atoms with Crippen LogP contribution >= 0.6 is 0 Å². The summed E-state index contributed by atoms with van der Waals surface area (Å²) in [6.07, 6.45) is 0. The van der Waals surface area contributed by atoms with Crippen molar-refractivity contribution in [3.63, 3.8) is 0 Å². The van der Waals surface area contributed by atoms with Crippen molar-refractivity contribution in [3.8, 4) is 0 Å². The zero-order valence-electron chi connectivity index (χ0n) is 2.36. The molecule has 0 unspecified atom stereocenters. The van der Waals surface area contributed by atoms with Gasteiger partial charge in [0.15, 0.2) is 0 Å². The van der Waals surface area contributed by atoms with Crippen LogP contribution in [0.1, 0.15) is 6.92 Å². The van der Waals surface area contributed by atoms with Crippen LogP contribution in [0.3, 0.4) is 0 Å². The van der Waals surface area contributed by atoms with Gasteiger partial charge in [-0.3, -0.25) is 4.79 Å². The Hall–Kier alpha value is 19.1. The van der Waals surface area contributed by atoms with E-state index < -0.39 is 5.97 Å². The monoisotopic (exact) mass is 540 g/mol. The number of hydrogen-bond donors (Lipinski definition) is 1. The number of carbonyl (C=O) groups is 1. The summed E-state index contributed by atoms with van der Waals surface area (Å²) in [7, 11) is 0. The molecule has 0 radical (unpaired) electrons. The van der Waals surface area contributed by atoms with Crippen LogP contribution < -0.4 is 0 Å². The average Bonchev–Trinajstić information content (AvgIpc) is 0.811. The van der Waals surface area contributed by atoms with Gasteiger partial charge in [-0.25, -0.2) is 0 Å². The van der Waals surface area contributed by atoms with Gasteiger partial charge in [-0.05, 0) is 0 Å². The van der Waals surface area contributed by atoms with Crippen molar-refractivity contribution in [1.82, 2.24) is 0 Å². The number of rotatable bonds is 0. The van der Waals surface area contributed by atoms with E-state index in [-0.39, 0.29) is 617 Å². The summed E-state index contributed by atoms with van der Waals surface area (Å²) in [5, 5.41) is 7.42. The Kier molecular flexibility index (Phi) is 400. The van der Waals surface area contributed by atoms with Crippen LogP contribution in [0, 0.1) is 0 Å². The quantitative estimate of drug-likeness (QED) is 0.310. The first-order valence-electron chi connectivity index (χ1n) is 0.928. The van der Waals surface area contributed by atoms with Gasteiger partial charge in [0, 0.05) is 6.92 Å². The molecule has 0 saturated heterocycles. The predicted molar refractivity (Wildman–Crippen MR) is 99.1 cm³/mol. The topological polar surface area (TPSA) is 37.3 Å². The molecule has 0 amide bonds. The van der Waals surface area contributed by atoms with E-state index in [0.717, 1.165) is 6.92 Å². The van der Waals surface area contributed by atoms with Gasteiger partial charge in [-0.15, -0.1) is 0 Å². The van der Waals surface area contributed by atoms with E-state index in [4.69, 9.17) is 9.90 Å². The first-order chi connectivity index (χ1) is 1.73. The third-order valence-corrected chi connectivity index (χ3v) is 0. The molecular formula is C2H16K12O2. The van der Waals surface area contributed by atoms with E-state index in [9.17, 15) is 0 Å². The van der Waals surface area contributed by atoms with Gasteiger partial charge in [0.1, 0.15) is 0 Å². The normalized spacial score (nSPS) is 1.56. The first kappa shape index (κ1) is 83.6. The van der Waals surface area contributed by atoms with Crippen molar-refractivity contribution >= 4 is 623 Å². The Bertz CT molecular complexity index is 40.0. The zero-order chi connectivity index (χ0) is 3.58. The Morgan fingerprint density at radius 2 is 0.562 bits per heavy atom. The van der Waals surface area contributed by atoms with Crippen LogP contribution in [0.25, 0.3) is 0 Å².